The maximum absolute atomic E-state index is 14.6. The van der Waals surface area contributed by atoms with Gasteiger partial charge >= 0.3 is 13.7 Å². The van der Waals surface area contributed by atoms with Gasteiger partial charge < -0.3 is 24.8 Å². The SMILES string of the molecule is CCCC(CCC)COC(=O)[C@H](C)NP(=O)(OC[C@@](CF)(OC)[C@@H](O)Cc1ccc2c(N)ncnn12)Oc1ccccc1. The largest absolute Gasteiger partial charge is 0.464 e. The topological polar surface area (TPSA) is 160 Å². The second-order valence-electron chi connectivity index (χ2n) is 10.5. The Labute approximate surface area is 251 Å². The smallest absolute Gasteiger partial charge is 0.459 e. The van der Waals surface area contributed by atoms with Gasteiger partial charge in [-0.25, -0.2) is 18.5 Å². The second-order valence-corrected chi connectivity index (χ2v) is 12.2. The number of hydrogen-bond acceptors (Lipinski definition) is 10. The summed E-state index contributed by atoms with van der Waals surface area (Å²) in [5, 5.41) is 17.9. The molecule has 1 aromatic carbocycles. The molecule has 2 aromatic heterocycles. The first kappa shape index (κ1) is 34.4. The Hall–Kier alpha value is -3.09. The first-order valence-corrected chi connectivity index (χ1v) is 15.9. The van der Waals surface area contributed by atoms with Crippen LogP contribution in [0.1, 0.15) is 52.1 Å². The van der Waals surface area contributed by atoms with Gasteiger partial charge in [0.05, 0.1) is 19.3 Å². The van der Waals surface area contributed by atoms with Gasteiger partial charge in [-0.1, -0.05) is 44.9 Å². The fraction of sp³-hybridized carbons (Fsp3) is 0.552. The summed E-state index contributed by atoms with van der Waals surface area (Å²) in [6, 6.07) is 10.4. The first-order valence-electron chi connectivity index (χ1n) is 14.4. The van der Waals surface area contributed by atoms with Crippen molar-refractivity contribution < 1.29 is 37.4 Å². The molecular weight excluding hydrogens is 580 g/mol. The van der Waals surface area contributed by atoms with Crippen LogP contribution in [0.2, 0.25) is 0 Å². The highest BCUT2D eigenvalue weighted by Crippen LogP contribution is 2.46. The molecule has 14 heteroatoms. The number of nitrogens with two attached hydrogens (primary N) is 1. The van der Waals surface area contributed by atoms with Crippen molar-refractivity contribution in [1.29, 1.82) is 0 Å². The van der Waals surface area contributed by atoms with Crippen LogP contribution in [0.25, 0.3) is 5.52 Å². The van der Waals surface area contributed by atoms with Crippen molar-refractivity contribution in [2.45, 2.75) is 70.6 Å². The number of aromatic nitrogens is 3. The number of methoxy groups -OCH3 is 1. The van der Waals surface area contributed by atoms with E-state index in [9.17, 15) is 18.9 Å². The minimum Gasteiger partial charge on any atom is -0.464 e. The Morgan fingerprint density at radius 1 is 1.19 bits per heavy atom. The zero-order valence-corrected chi connectivity index (χ0v) is 26.0. The molecule has 0 amide bonds. The normalized spacial score (nSPS) is 16.0. The molecule has 3 aromatic rings. The van der Waals surface area contributed by atoms with E-state index in [1.54, 1.807) is 42.5 Å². The summed E-state index contributed by atoms with van der Waals surface area (Å²) in [5.74, 6) is 0.0171. The van der Waals surface area contributed by atoms with Gasteiger partial charge in [0, 0.05) is 19.2 Å². The number of fused-ring (bicyclic) bond motifs is 1. The van der Waals surface area contributed by atoms with Gasteiger partial charge in [0.1, 0.15) is 35.9 Å². The van der Waals surface area contributed by atoms with Crippen molar-refractivity contribution in [3.63, 3.8) is 0 Å². The van der Waals surface area contributed by atoms with Gasteiger partial charge in [0.15, 0.2) is 5.82 Å². The maximum Gasteiger partial charge on any atom is 0.459 e. The number of para-hydroxylation sites is 1. The third kappa shape index (κ3) is 9.20. The van der Waals surface area contributed by atoms with E-state index < -0.39 is 44.7 Å². The second kappa shape index (κ2) is 16.1. The van der Waals surface area contributed by atoms with Gasteiger partial charge in [-0.2, -0.15) is 10.2 Å². The summed E-state index contributed by atoms with van der Waals surface area (Å²) < 4.78 is 52.4. The lowest BCUT2D eigenvalue weighted by Crippen LogP contribution is -2.51. The molecule has 0 saturated heterocycles. The number of nitrogens with zero attached hydrogens (tertiary/aromatic N) is 3. The van der Waals surface area contributed by atoms with E-state index >= 15 is 0 Å². The molecule has 43 heavy (non-hydrogen) atoms. The van der Waals surface area contributed by atoms with Crippen LogP contribution in [0.3, 0.4) is 0 Å². The quantitative estimate of drug-likeness (QED) is 0.127. The third-order valence-electron chi connectivity index (χ3n) is 7.21. The number of hydrogen-bond donors (Lipinski definition) is 3. The number of rotatable bonds is 19. The summed E-state index contributed by atoms with van der Waals surface area (Å²) >= 11 is 0. The molecule has 0 fully saturated rings. The zero-order chi connectivity index (χ0) is 31.5. The lowest BCUT2D eigenvalue weighted by atomic mass is 9.95. The minimum absolute atomic E-state index is 0.109. The molecule has 1 unspecified atom stereocenters. The van der Waals surface area contributed by atoms with Crippen LogP contribution in [-0.4, -0.2) is 70.4 Å². The van der Waals surface area contributed by atoms with Crippen molar-refractivity contribution in [1.82, 2.24) is 19.7 Å². The predicted molar refractivity (Wildman–Crippen MR) is 160 cm³/mol. The highest BCUT2D eigenvalue weighted by Gasteiger charge is 2.43. The number of ether oxygens (including phenoxy) is 2. The maximum atomic E-state index is 14.6. The lowest BCUT2D eigenvalue weighted by molar-refractivity contribution is -0.147. The van der Waals surface area contributed by atoms with Gasteiger partial charge in [-0.15, -0.1) is 0 Å². The number of nitrogens with one attached hydrogen (secondary N) is 1. The third-order valence-corrected chi connectivity index (χ3v) is 8.83. The Balaban J connectivity index is 1.77. The number of carbonyl (C=O) groups is 1. The molecule has 12 nitrogen and oxygen atoms in total. The Morgan fingerprint density at radius 3 is 2.51 bits per heavy atom. The number of carbonyl (C=O) groups excluding carboxylic acids is 1. The molecule has 4 atom stereocenters. The Kier molecular flexibility index (Phi) is 12.9. The highest BCUT2D eigenvalue weighted by atomic mass is 31.2. The molecular formula is C29H43FN5O7P. The van der Waals surface area contributed by atoms with E-state index in [0.717, 1.165) is 25.7 Å². The fourth-order valence-electron chi connectivity index (χ4n) is 4.67. The molecule has 2 heterocycles. The number of anilines is 1. The molecule has 0 aliphatic rings. The summed E-state index contributed by atoms with van der Waals surface area (Å²) in [6.45, 7) is 3.98. The molecule has 238 valence electrons. The molecule has 0 saturated carbocycles. The molecule has 4 N–H and O–H groups in total. The van der Waals surface area contributed by atoms with Crippen molar-refractivity contribution in [2.75, 3.05) is 32.7 Å². The summed E-state index contributed by atoms with van der Waals surface area (Å²) in [4.78, 5) is 16.8. The van der Waals surface area contributed by atoms with Crippen LogP contribution < -0.4 is 15.3 Å². The average molecular weight is 624 g/mol. The average Bonchev–Trinajstić information content (AvgIpc) is 3.41. The van der Waals surface area contributed by atoms with Gasteiger partial charge in [-0.3, -0.25) is 9.32 Å². The zero-order valence-electron chi connectivity index (χ0n) is 25.1. The first-order chi connectivity index (χ1) is 20.6. The standard InChI is InChI=1S/C29H43FN5O7P/c1-5-10-22(11-6-2)17-40-28(37)21(3)34-43(38,42-24-12-8-7-9-13-24)41-19-29(18-30,39-4)26(36)16-23-14-15-25-27(31)32-20-33-35(23)25/h7-9,12-15,20-22,26,36H,5-6,10-11,16-19H2,1-4H3,(H,34,38)(H2,31,32,33)/t21-,26-,29+,43?/m0/s1. The number of aliphatic hydroxyl groups excluding tert-OH is 1. The van der Waals surface area contributed by atoms with Crippen molar-refractivity contribution >= 4 is 25.1 Å². The molecule has 0 bridgehead atoms. The van der Waals surface area contributed by atoms with Crippen LogP contribution in [-0.2, 0) is 29.8 Å². The van der Waals surface area contributed by atoms with Crippen molar-refractivity contribution in [3.05, 3.63) is 54.5 Å². The lowest BCUT2D eigenvalue weighted by Gasteiger charge is -2.35. The van der Waals surface area contributed by atoms with Crippen molar-refractivity contribution in [2.24, 2.45) is 5.92 Å². The summed E-state index contributed by atoms with van der Waals surface area (Å²) in [7, 11) is -3.14. The molecule has 3 rings (SSSR count). The Morgan fingerprint density at radius 2 is 1.88 bits per heavy atom. The van der Waals surface area contributed by atoms with E-state index in [0.29, 0.717) is 11.2 Å². The molecule has 0 aliphatic heterocycles. The van der Waals surface area contributed by atoms with E-state index in [1.165, 1.54) is 24.9 Å². The number of benzene rings is 1. The molecule has 0 aliphatic carbocycles. The number of nitrogen functional groups attached to an aromatic ring is 1. The van der Waals surface area contributed by atoms with Crippen LogP contribution in [0.4, 0.5) is 10.2 Å². The molecule has 0 spiro atoms. The highest BCUT2D eigenvalue weighted by molar-refractivity contribution is 7.52. The fourth-order valence-corrected chi connectivity index (χ4v) is 6.21. The van der Waals surface area contributed by atoms with Gasteiger partial charge in [-0.05, 0) is 49.9 Å². The van der Waals surface area contributed by atoms with Crippen LogP contribution in [0.15, 0.2) is 48.8 Å². The number of halogens is 1. The van der Waals surface area contributed by atoms with Crippen LogP contribution in [0.5, 0.6) is 5.75 Å². The van der Waals surface area contributed by atoms with Gasteiger partial charge in [0.2, 0.25) is 0 Å². The van der Waals surface area contributed by atoms with Crippen molar-refractivity contribution in [3.8, 4) is 5.75 Å². The number of esters is 1. The van der Waals surface area contributed by atoms with Crippen LogP contribution in [0, 0.1) is 5.92 Å². The number of alkyl halides is 1. The minimum atomic E-state index is -4.35. The predicted octanol–water partition coefficient (Wildman–Crippen LogP) is 4.51. The van der Waals surface area contributed by atoms with E-state index in [-0.39, 0.29) is 30.5 Å². The van der Waals surface area contributed by atoms with Gasteiger partial charge in [0.25, 0.3) is 0 Å². The van der Waals surface area contributed by atoms with Crippen LogP contribution >= 0.6 is 7.75 Å². The number of aliphatic hydroxyl groups is 1. The summed E-state index contributed by atoms with van der Waals surface area (Å²) in [6.07, 6.45) is 3.46. The van der Waals surface area contributed by atoms with E-state index in [2.05, 4.69) is 29.0 Å². The summed E-state index contributed by atoms with van der Waals surface area (Å²) in [5.41, 5.74) is 4.98. The molecule has 0 radical (unpaired) electrons. The van der Waals surface area contributed by atoms with E-state index in [4.69, 9.17) is 24.3 Å². The monoisotopic (exact) mass is 623 g/mol. The van der Waals surface area contributed by atoms with E-state index in [1.807, 2.05) is 0 Å². The Bertz CT molecular complexity index is 1340.